The van der Waals surface area contributed by atoms with E-state index in [1.165, 1.54) is 16.7 Å². The zero-order valence-electron chi connectivity index (χ0n) is 17.3. The van der Waals surface area contributed by atoms with Gasteiger partial charge in [0.25, 0.3) is 0 Å². The quantitative estimate of drug-likeness (QED) is 0.399. The largest absolute Gasteiger partial charge is 0.497 e. The first-order valence-electron chi connectivity index (χ1n) is 9.62. The van der Waals surface area contributed by atoms with Crippen molar-refractivity contribution in [1.29, 1.82) is 0 Å². The van der Waals surface area contributed by atoms with Gasteiger partial charge in [0.1, 0.15) is 5.75 Å². The number of methoxy groups -OCH3 is 1. The van der Waals surface area contributed by atoms with Gasteiger partial charge in [-0.2, -0.15) is 0 Å². The van der Waals surface area contributed by atoms with Crippen molar-refractivity contribution < 1.29 is 4.74 Å². The summed E-state index contributed by atoms with van der Waals surface area (Å²) in [4.78, 5) is 3.81. The fourth-order valence-electron chi connectivity index (χ4n) is 3.13. The molecule has 3 heteroatoms. The summed E-state index contributed by atoms with van der Waals surface area (Å²) in [7, 11) is 3.72. The van der Waals surface area contributed by atoms with E-state index in [1.54, 1.807) is 13.3 Å². The lowest BCUT2D eigenvalue weighted by molar-refractivity contribution is 0.414. The molecule has 29 heavy (non-hydrogen) atoms. The Morgan fingerprint density at radius 2 is 1.90 bits per heavy atom. The van der Waals surface area contributed by atoms with E-state index in [4.69, 9.17) is 4.74 Å². The number of aliphatic imine (C=N–C) groups is 1. The molecule has 1 heterocycles. The van der Waals surface area contributed by atoms with Gasteiger partial charge in [-0.05, 0) is 78.6 Å². The fourth-order valence-corrected chi connectivity index (χ4v) is 3.13. The molecule has 3 aromatic rings. The Labute approximate surface area is 173 Å². The van der Waals surface area contributed by atoms with Gasteiger partial charge in [0.15, 0.2) is 0 Å². The van der Waals surface area contributed by atoms with Crippen LogP contribution >= 0.6 is 0 Å². The minimum Gasteiger partial charge on any atom is -0.497 e. The van der Waals surface area contributed by atoms with Crippen LogP contribution in [0.15, 0.2) is 65.9 Å². The van der Waals surface area contributed by atoms with E-state index in [9.17, 15) is 0 Å². The van der Waals surface area contributed by atoms with E-state index in [2.05, 4.69) is 77.6 Å². The average Bonchev–Trinajstić information content (AvgIpc) is 3.11. The maximum atomic E-state index is 5.20. The van der Waals surface area contributed by atoms with Crippen LogP contribution in [0.25, 0.3) is 17.2 Å². The molecule has 0 aliphatic heterocycles. The van der Waals surface area contributed by atoms with E-state index < -0.39 is 0 Å². The molecule has 146 valence electrons. The SMILES string of the molecule is C=N/C=C\c1cc(-c2cc(C#CCCc3ccc(OC)cc3)n(C)c2)ccc1C. The average molecular weight is 383 g/mol. The molecule has 0 spiro atoms. The molecule has 0 atom stereocenters. The number of ether oxygens (including phenoxy) is 1. The van der Waals surface area contributed by atoms with Crippen LogP contribution in [-0.2, 0) is 13.5 Å². The van der Waals surface area contributed by atoms with Crippen molar-refractivity contribution in [2.24, 2.45) is 12.0 Å². The lowest BCUT2D eigenvalue weighted by Crippen LogP contribution is -1.89. The molecule has 0 N–H and O–H groups in total. The number of hydrogen-bond acceptors (Lipinski definition) is 2. The highest BCUT2D eigenvalue weighted by atomic mass is 16.5. The number of hydrogen-bond donors (Lipinski definition) is 0. The highest BCUT2D eigenvalue weighted by Crippen LogP contribution is 2.25. The Bertz CT molecular complexity index is 1080. The highest BCUT2D eigenvalue weighted by molar-refractivity contribution is 5.70. The monoisotopic (exact) mass is 382 g/mol. The second-order valence-electron chi connectivity index (χ2n) is 6.94. The van der Waals surface area contributed by atoms with Gasteiger partial charge in [-0.1, -0.05) is 30.2 Å². The number of rotatable bonds is 6. The van der Waals surface area contributed by atoms with Crippen molar-refractivity contribution in [2.75, 3.05) is 7.11 Å². The number of aryl methyl sites for hydroxylation is 3. The molecule has 3 nitrogen and oxygen atoms in total. The molecule has 1 aromatic heterocycles. The summed E-state index contributed by atoms with van der Waals surface area (Å²) < 4.78 is 7.28. The number of nitrogens with zero attached hydrogens (tertiary/aromatic N) is 2. The lowest BCUT2D eigenvalue weighted by Gasteiger charge is -2.04. The van der Waals surface area contributed by atoms with Crippen LogP contribution in [0.2, 0.25) is 0 Å². The van der Waals surface area contributed by atoms with Gasteiger partial charge in [-0.3, -0.25) is 4.99 Å². The lowest BCUT2D eigenvalue weighted by atomic mass is 10.0. The first-order chi connectivity index (χ1) is 14.1. The van der Waals surface area contributed by atoms with Crippen molar-refractivity contribution in [3.63, 3.8) is 0 Å². The first-order valence-corrected chi connectivity index (χ1v) is 9.62. The minimum atomic E-state index is 0.820. The minimum absolute atomic E-state index is 0.820. The standard InChI is InChI=1S/C26H26N2O/c1-20-9-12-23(17-22(20)15-16-27-2)24-18-25(28(3)19-24)8-6-5-7-21-10-13-26(29-4)14-11-21/h9-19H,2,5,7H2,1,3-4H3/b16-15-. The summed E-state index contributed by atoms with van der Waals surface area (Å²) in [6.45, 7) is 5.60. The summed E-state index contributed by atoms with van der Waals surface area (Å²) in [5, 5.41) is 0. The predicted octanol–water partition coefficient (Wildman–Crippen LogP) is 5.66. The third-order valence-corrected chi connectivity index (χ3v) is 4.89. The zero-order valence-corrected chi connectivity index (χ0v) is 17.3. The Kier molecular flexibility index (Phi) is 6.71. The van der Waals surface area contributed by atoms with Crippen molar-refractivity contribution in [1.82, 2.24) is 4.57 Å². The smallest absolute Gasteiger partial charge is 0.118 e. The molecule has 2 aromatic carbocycles. The van der Waals surface area contributed by atoms with Crippen LogP contribution in [0.4, 0.5) is 0 Å². The Morgan fingerprint density at radius 1 is 1.10 bits per heavy atom. The predicted molar refractivity (Wildman–Crippen MR) is 122 cm³/mol. The molecular weight excluding hydrogens is 356 g/mol. The molecule has 0 saturated heterocycles. The van der Waals surface area contributed by atoms with Gasteiger partial charge in [-0.15, -0.1) is 0 Å². The van der Waals surface area contributed by atoms with Gasteiger partial charge in [-0.25, -0.2) is 0 Å². The third kappa shape index (κ3) is 5.27. The molecule has 0 aliphatic carbocycles. The second kappa shape index (κ2) is 9.61. The third-order valence-electron chi connectivity index (χ3n) is 4.89. The maximum Gasteiger partial charge on any atom is 0.118 e. The Morgan fingerprint density at radius 3 is 2.62 bits per heavy atom. The maximum absolute atomic E-state index is 5.20. The van der Waals surface area contributed by atoms with Crippen LogP contribution in [-0.4, -0.2) is 18.4 Å². The number of benzene rings is 2. The van der Waals surface area contributed by atoms with E-state index in [-0.39, 0.29) is 0 Å². The van der Waals surface area contributed by atoms with Crippen molar-refractivity contribution in [3.8, 4) is 28.7 Å². The molecule has 3 rings (SSSR count). The van der Waals surface area contributed by atoms with Crippen molar-refractivity contribution >= 4 is 12.8 Å². The van der Waals surface area contributed by atoms with Crippen LogP contribution < -0.4 is 4.74 Å². The van der Waals surface area contributed by atoms with Gasteiger partial charge in [0.05, 0.1) is 12.8 Å². The van der Waals surface area contributed by atoms with E-state index in [0.29, 0.717) is 0 Å². The normalized spacial score (nSPS) is 10.6. The molecule has 0 radical (unpaired) electrons. The molecule has 0 saturated carbocycles. The summed E-state index contributed by atoms with van der Waals surface area (Å²) in [5.74, 6) is 7.49. The van der Waals surface area contributed by atoms with Crippen LogP contribution in [0, 0.1) is 18.8 Å². The van der Waals surface area contributed by atoms with Crippen LogP contribution in [0.1, 0.15) is 28.8 Å². The molecule has 0 unspecified atom stereocenters. The summed E-state index contributed by atoms with van der Waals surface area (Å²) in [6.07, 6.45) is 7.57. The highest BCUT2D eigenvalue weighted by Gasteiger charge is 2.05. The molecule has 0 amide bonds. The van der Waals surface area contributed by atoms with Gasteiger partial charge >= 0.3 is 0 Å². The van der Waals surface area contributed by atoms with Gasteiger partial charge in [0, 0.05) is 31.4 Å². The van der Waals surface area contributed by atoms with Crippen molar-refractivity contribution in [3.05, 3.63) is 83.3 Å². The van der Waals surface area contributed by atoms with Gasteiger partial charge < -0.3 is 9.30 Å². The Hall–Kier alpha value is -3.51. The second-order valence-corrected chi connectivity index (χ2v) is 6.94. The summed E-state index contributed by atoms with van der Waals surface area (Å²) in [6, 6.07) is 16.7. The number of aromatic nitrogens is 1. The molecule has 0 aliphatic rings. The Balaban J connectivity index is 1.71. The molecule has 0 bridgehead atoms. The van der Waals surface area contributed by atoms with Crippen LogP contribution in [0.5, 0.6) is 5.75 Å². The molecular formula is C26H26N2O. The zero-order chi connectivity index (χ0) is 20.6. The van der Waals surface area contributed by atoms with Gasteiger partial charge in [0.2, 0.25) is 0 Å². The fraction of sp³-hybridized carbons (Fsp3) is 0.192. The van der Waals surface area contributed by atoms with Crippen LogP contribution in [0.3, 0.4) is 0 Å². The van der Waals surface area contributed by atoms with E-state index in [1.807, 2.05) is 25.3 Å². The first kappa shape index (κ1) is 20.2. The van der Waals surface area contributed by atoms with E-state index in [0.717, 1.165) is 35.4 Å². The summed E-state index contributed by atoms with van der Waals surface area (Å²) in [5.41, 5.74) is 6.96. The summed E-state index contributed by atoms with van der Waals surface area (Å²) >= 11 is 0. The van der Waals surface area contributed by atoms with Crippen molar-refractivity contribution in [2.45, 2.75) is 19.8 Å². The molecule has 0 fully saturated rings. The topological polar surface area (TPSA) is 26.5 Å². The van der Waals surface area contributed by atoms with E-state index >= 15 is 0 Å².